The van der Waals surface area contributed by atoms with Crippen molar-refractivity contribution in [3.8, 4) is 22.7 Å². The van der Waals surface area contributed by atoms with E-state index in [1.807, 2.05) is 54.6 Å². The zero-order valence-electron chi connectivity index (χ0n) is 21.8. The van der Waals surface area contributed by atoms with Crippen LogP contribution in [0.15, 0.2) is 89.7 Å². The summed E-state index contributed by atoms with van der Waals surface area (Å²) in [7, 11) is 1.57. The Morgan fingerprint density at radius 2 is 1.58 bits per heavy atom. The van der Waals surface area contributed by atoms with Crippen molar-refractivity contribution in [2.24, 2.45) is 0 Å². The Kier molecular flexibility index (Phi) is 6.64. The first-order valence-electron chi connectivity index (χ1n) is 12.4. The lowest BCUT2D eigenvalue weighted by atomic mass is 9.87. The van der Waals surface area contributed by atoms with E-state index in [2.05, 4.69) is 31.8 Å². The van der Waals surface area contributed by atoms with Gasteiger partial charge in [-0.2, -0.15) is 0 Å². The van der Waals surface area contributed by atoms with Crippen LogP contribution in [0.2, 0.25) is 0 Å². The fourth-order valence-corrected chi connectivity index (χ4v) is 4.29. The number of rotatable bonds is 5. The SMILES string of the molecule is COc1cccc(/C=C/c2nc3ccc(-c4ccc(F)cc4)cc3c(=O)n2-c2cccc(C(C)(C)C)c2)n1. The molecule has 5 rings (SSSR count). The van der Waals surface area contributed by atoms with Crippen molar-refractivity contribution in [2.75, 3.05) is 7.11 Å². The Bertz CT molecular complexity index is 1710. The Morgan fingerprint density at radius 3 is 2.32 bits per heavy atom. The number of fused-ring (bicyclic) bond motifs is 1. The molecule has 0 N–H and O–H groups in total. The number of halogens is 1. The third-order valence-electron chi connectivity index (χ3n) is 6.40. The molecule has 0 spiro atoms. The zero-order valence-corrected chi connectivity index (χ0v) is 21.8. The summed E-state index contributed by atoms with van der Waals surface area (Å²) in [6.07, 6.45) is 3.60. The summed E-state index contributed by atoms with van der Waals surface area (Å²) in [5.41, 5.74) is 4.43. The molecule has 190 valence electrons. The van der Waals surface area contributed by atoms with E-state index in [1.165, 1.54) is 12.1 Å². The van der Waals surface area contributed by atoms with Crippen LogP contribution in [0.1, 0.15) is 37.9 Å². The second-order valence-corrected chi connectivity index (χ2v) is 10.1. The van der Waals surface area contributed by atoms with Gasteiger partial charge >= 0.3 is 0 Å². The molecule has 0 saturated carbocycles. The van der Waals surface area contributed by atoms with Crippen molar-refractivity contribution < 1.29 is 9.13 Å². The fraction of sp³-hybridized carbons (Fsp3) is 0.156. The molecule has 5 aromatic rings. The maximum Gasteiger partial charge on any atom is 0.266 e. The van der Waals surface area contributed by atoms with Gasteiger partial charge in [0, 0.05) is 6.07 Å². The van der Waals surface area contributed by atoms with Gasteiger partial charge < -0.3 is 4.74 Å². The summed E-state index contributed by atoms with van der Waals surface area (Å²) in [5.74, 6) is 0.675. The van der Waals surface area contributed by atoms with Crippen molar-refractivity contribution in [3.63, 3.8) is 0 Å². The number of ether oxygens (including phenoxy) is 1. The van der Waals surface area contributed by atoms with Crippen LogP contribution in [-0.2, 0) is 5.41 Å². The molecule has 0 bridgehead atoms. The van der Waals surface area contributed by atoms with Gasteiger partial charge in [0.1, 0.15) is 11.6 Å². The van der Waals surface area contributed by atoms with Crippen molar-refractivity contribution in [1.29, 1.82) is 0 Å². The van der Waals surface area contributed by atoms with Crippen molar-refractivity contribution in [3.05, 3.63) is 118 Å². The average Bonchev–Trinajstić information content (AvgIpc) is 2.92. The first-order chi connectivity index (χ1) is 18.2. The summed E-state index contributed by atoms with van der Waals surface area (Å²) in [4.78, 5) is 23.4. The molecule has 0 saturated heterocycles. The van der Waals surface area contributed by atoms with Crippen molar-refractivity contribution >= 4 is 23.1 Å². The lowest BCUT2D eigenvalue weighted by Gasteiger charge is -2.20. The molecule has 0 unspecified atom stereocenters. The molecule has 2 heterocycles. The number of nitrogens with zero attached hydrogens (tertiary/aromatic N) is 3. The van der Waals surface area contributed by atoms with Crippen molar-refractivity contribution in [2.45, 2.75) is 26.2 Å². The average molecular weight is 506 g/mol. The monoisotopic (exact) mass is 505 g/mol. The van der Waals surface area contributed by atoms with E-state index >= 15 is 0 Å². The minimum Gasteiger partial charge on any atom is -0.481 e. The third-order valence-corrected chi connectivity index (χ3v) is 6.40. The van der Waals surface area contributed by atoms with Crippen LogP contribution in [0.3, 0.4) is 0 Å². The van der Waals surface area contributed by atoms with Gasteiger partial charge in [0.15, 0.2) is 0 Å². The number of methoxy groups -OCH3 is 1. The Morgan fingerprint density at radius 1 is 0.842 bits per heavy atom. The molecule has 0 radical (unpaired) electrons. The number of pyridine rings is 1. The molecule has 0 aliphatic carbocycles. The highest BCUT2D eigenvalue weighted by atomic mass is 19.1. The Hall–Kier alpha value is -4.58. The number of benzene rings is 3. The lowest BCUT2D eigenvalue weighted by Crippen LogP contribution is -2.23. The second-order valence-electron chi connectivity index (χ2n) is 10.1. The summed E-state index contributed by atoms with van der Waals surface area (Å²) >= 11 is 0. The first-order valence-corrected chi connectivity index (χ1v) is 12.4. The van der Waals surface area contributed by atoms with Gasteiger partial charge in [-0.25, -0.2) is 14.4 Å². The maximum atomic E-state index is 14.1. The van der Waals surface area contributed by atoms with Crippen LogP contribution >= 0.6 is 0 Å². The summed E-state index contributed by atoms with van der Waals surface area (Å²) in [6.45, 7) is 6.41. The van der Waals surface area contributed by atoms with E-state index in [-0.39, 0.29) is 16.8 Å². The molecule has 0 fully saturated rings. The molecular formula is C32H28FN3O2. The van der Waals surface area contributed by atoms with Crippen LogP contribution in [0.25, 0.3) is 39.9 Å². The molecule has 5 nitrogen and oxygen atoms in total. The topological polar surface area (TPSA) is 57.0 Å². The van der Waals surface area contributed by atoms with Crippen LogP contribution in [-0.4, -0.2) is 21.6 Å². The predicted octanol–water partition coefficient (Wildman–Crippen LogP) is 7.06. The van der Waals surface area contributed by atoms with Crippen molar-refractivity contribution in [1.82, 2.24) is 14.5 Å². The van der Waals surface area contributed by atoms with E-state index in [0.717, 1.165) is 22.4 Å². The van der Waals surface area contributed by atoms with Crippen LogP contribution < -0.4 is 10.3 Å². The summed E-state index contributed by atoms with van der Waals surface area (Å²) < 4.78 is 20.3. The van der Waals surface area contributed by atoms with Gasteiger partial charge in [0.25, 0.3) is 5.56 Å². The highest BCUT2D eigenvalue weighted by molar-refractivity contribution is 5.85. The smallest absolute Gasteiger partial charge is 0.266 e. The Balaban J connectivity index is 1.72. The van der Waals surface area contributed by atoms with Crippen LogP contribution in [0, 0.1) is 5.82 Å². The number of hydrogen-bond donors (Lipinski definition) is 0. The fourth-order valence-electron chi connectivity index (χ4n) is 4.29. The predicted molar refractivity (Wildman–Crippen MR) is 151 cm³/mol. The Labute approximate surface area is 220 Å². The minimum atomic E-state index is -0.306. The summed E-state index contributed by atoms with van der Waals surface area (Å²) in [6, 6.07) is 25.2. The molecule has 38 heavy (non-hydrogen) atoms. The van der Waals surface area contributed by atoms with E-state index < -0.39 is 0 Å². The van der Waals surface area contributed by atoms with E-state index in [4.69, 9.17) is 9.72 Å². The largest absolute Gasteiger partial charge is 0.481 e. The highest BCUT2D eigenvalue weighted by Gasteiger charge is 2.17. The van der Waals surface area contributed by atoms with E-state index in [1.54, 1.807) is 36.0 Å². The van der Waals surface area contributed by atoms with E-state index in [9.17, 15) is 9.18 Å². The maximum absolute atomic E-state index is 14.1. The van der Waals surface area contributed by atoms with Gasteiger partial charge in [0.05, 0.1) is 29.4 Å². The molecule has 2 aromatic heterocycles. The zero-order chi connectivity index (χ0) is 26.9. The minimum absolute atomic E-state index is 0.0971. The normalized spacial score (nSPS) is 11.8. The molecule has 3 aromatic carbocycles. The lowest BCUT2D eigenvalue weighted by molar-refractivity contribution is 0.397. The van der Waals surface area contributed by atoms with Gasteiger partial charge in [-0.05, 0) is 76.7 Å². The van der Waals surface area contributed by atoms with Gasteiger partial charge in [0.2, 0.25) is 5.88 Å². The quantitative estimate of drug-likeness (QED) is 0.257. The first kappa shape index (κ1) is 25.1. The van der Waals surface area contributed by atoms with Crippen LogP contribution in [0.5, 0.6) is 5.88 Å². The molecule has 0 aliphatic rings. The molecule has 0 amide bonds. The van der Waals surface area contributed by atoms with Gasteiger partial charge in [-0.1, -0.05) is 57.2 Å². The third kappa shape index (κ3) is 5.11. The molecule has 6 heteroatoms. The highest BCUT2D eigenvalue weighted by Crippen LogP contribution is 2.26. The van der Waals surface area contributed by atoms with E-state index in [0.29, 0.717) is 28.3 Å². The molecule has 0 aliphatic heterocycles. The standard InChI is InChI=1S/C32H28FN3O2/c1-32(2,3)23-7-5-9-26(20-23)36-29(18-16-25-8-6-10-30(34-25)38-4)35-28-17-13-22(19-27(28)31(36)37)21-11-14-24(33)15-12-21/h5-20H,1-4H3/b18-16+. The summed E-state index contributed by atoms with van der Waals surface area (Å²) in [5, 5.41) is 0.477. The number of aromatic nitrogens is 3. The van der Waals surface area contributed by atoms with Gasteiger partial charge in [-0.3, -0.25) is 9.36 Å². The molecular weight excluding hydrogens is 477 g/mol. The van der Waals surface area contributed by atoms with Crippen LogP contribution in [0.4, 0.5) is 4.39 Å². The number of hydrogen-bond acceptors (Lipinski definition) is 4. The van der Waals surface area contributed by atoms with Gasteiger partial charge in [-0.15, -0.1) is 0 Å². The second kappa shape index (κ2) is 10.1. The molecule has 0 atom stereocenters.